The number of hydrogen-bond acceptors (Lipinski definition) is 2. The molecule has 1 heterocycles. The molecule has 0 aromatic carbocycles. The Balaban J connectivity index is 2.95. The highest BCUT2D eigenvalue weighted by molar-refractivity contribution is 7.12. The first-order valence-electron chi connectivity index (χ1n) is 3.83. The van der Waals surface area contributed by atoms with Crippen LogP contribution in [0.25, 0.3) is 0 Å². The fraction of sp³-hybridized carbons (Fsp3) is 0. The normalized spacial score (nSPS) is 10.9. The van der Waals surface area contributed by atoms with E-state index in [1.165, 1.54) is 11.3 Å². The van der Waals surface area contributed by atoms with Gasteiger partial charge >= 0.3 is 0 Å². The maximum absolute atomic E-state index is 11.7. The number of hydrogen-bond donors (Lipinski definition) is 0. The van der Waals surface area contributed by atoms with Crippen LogP contribution in [0.1, 0.15) is 9.67 Å². The Bertz CT molecular complexity index is 344. The van der Waals surface area contributed by atoms with Crippen molar-refractivity contribution >= 4 is 17.1 Å². The van der Waals surface area contributed by atoms with Crippen LogP contribution in [0, 0.1) is 0 Å². The molecule has 0 fully saturated rings. The van der Waals surface area contributed by atoms with Gasteiger partial charge in [-0.3, -0.25) is 4.79 Å². The van der Waals surface area contributed by atoms with E-state index in [1.807, 2.05) is 11.4 Å². The first kappa shape index (κ1) is 9.68. The molecule has 1 aromatic heterocycles. The minimum absolute atomic E-state index is 0.00454. The molecule has 66 valence electrons. The lowest BCUT2D eigenvalue weighted by molar-refractivity contribution is 0.104. The van der Waals surface area contributed by atoms with Crippen molar-refractivity contribution in [3.63, 3.8) is 0 Å². The molecule has 2 heteroatoms. The van der Waals surface area contributed by atoms with Crippen LogP contribution in [0.4, 0.5) is 0 Å². The summed E-state index contributed by atoms with van der Waals surface area (Å²) in [6.07, 6.45) is 4.79. The summed E-state index contributed by atoms with van der Waals surface area (Å²) in [4.78, 5) is 12.4. The maximum Gasteiger partial charge on any atom is 0.202 e. The van der Waals surface area contributed by atoms with E-state index in [2.05, 4.69) is 13.2 Å². The van der Waals surface area contributed by atoms with Crippen LogP contribution >= 0.6 is 11.3 Å². The molecule has 0 N–H and O–H groups in total. The third-order valence-corrected chi connectivity index (χ3v) is 2.39. The fourth-order valence-electron chi connectivity index (χ4n) is 0.913. The van der Waals surface area contributed by atoms with Crippen LogP contribution in [-0.4, -0.2) is 5.78 Å². The Morgan fingerprint density at radius 1 is 1.46 bits per heavy atom. The third kappa shape index (κ3) is 2.26. The second kappa shape index (κ2) is 4.58. The second-order valence-electron chi connectivity index (χ2n) is 2.37. The molecule has 0 spiro atoms. The molecule has 13 heavy (non-hydrogen) atoms. The van der Waals surface area contributed by atoms with Crippen LogP contribution in [0.2, 0.25) is 0 Å². The molecular formula is C11H10OS. The van der Waals surface area contributed by atoms with Gasteiger partial charge in [-0.15, -0.1) is 11.3 Å². The Morgan fingerprint density at radius 2 is 2.23 bits per heavy atom. The summed E-state index contributed by atoms with van der Waals surface area (Å²) in [5, 5.41) is 1.88. The Kier molecular flexibility index (Phi) is 3.41. The zero-order valence-corrected chi connectivity index (χ0v) is 8.01. The molecule has 1 aromatic rings. The molecule has 0 unspecified atom stereocenters. The van der Waals surface area contributed by atoms with Gasteiger partial charge in [0.15, 0.2) is 0 Å². The summed E-state index contributed by atoms with van der Waals surface area (Å²) in [5.41, 5.74) is 0.581. The Labute approximate surface area is 81.7 Å². The summed E-state index contributed by atoms with van der Waals surface area (Å²) >= 11 is 1.43. The third-order valence-electron chi connectivity index (χ3n) is 1.52. The van der Waals surface area contributed by atoms with Crippen molar-refractivity contribution < 1.29 is 4.79 Å². The standard InChI is InChI=1S/C11H10OS/c1-3-6-9(4-2)11(12)10-7-5-8-13-10/h3-8H,1-2H2/b9-6+. The minimum Gasteiger partial charge on any atom is -0.288 e. The molecule has 0 saturated heterocycles. The van der Waals surface area contributed by atoms with E-state index in [4.69, 9.17) is 0 Å². The fourth-order valence-corrected chi connectivity index (χ4v) is 1.60. The van der Waals surface area contributed by atoms with Gasteiger partial charge in [-0.2, -0.15) is 0 Å². The highest BCUT2D eigenvalue weighted by Gasteiger charge is 2.08. The average Bonchev–Trinajstić information content (AvgIpc) is 2.65. The number of thiophene rings is 1. The lowest BCUT2D eigenvalue weighted by atomic mass is 10.1. The van der Waals surface area contributed by atoms with E-state index in [-0.39, 0.29) is 5.78 Å². The molecule has 0 amide bonds. The minimum atomic E-state index is 0.00454. The zero-order valence-electron chi connectivity index (χ0n) is 7.19. The number of ketones is 1. The number of rotatable bonds is 4. The summed E-state index contributed by atoms with van der Waals surface area (Å²) in [7, 11) is 0. The van der Waals surface area contributed by atoms with Crippen LogP contribution in [0.15, 0.2) is 54.5 Å². The van der Waals surface area contributed by atoms with E-state index in [1.54, 1.807) is 24.3 Å². The van der Waals surface area contributed by atoms with Gasteiger partial charge in [-0.25, -0.2) is 0 Å². The molecule has 0 atom stereocenters. The van der Waals surface area contributed by atoms with Crippen molar-refractivity contribution in [3.05, 3.63) is 59.3 Å². The van der Waals surface area contributed by atoms with Gasteiger partial charge < -0.3 is 0 Å². The van der Waals surface area contributed by atoms with Crippen molar-refractivity contribution in [1.82, 2.24) is 0 Å². The molecule has 1 rings (SSSR count). The summed E-state index contributed by atoms with van der Waals surface area (Å²) < 4.78 is 0. The molecule has 0 aliphatic carbocycles. The van der Waals surface area contributed by atoms with Gasteiger partial charge in [0, 0.05) is 5.57 Å². The van der Waals surface area contributed by atoms with E-state index in [9.17, 15) is 4.79 Å². The summed E-state index contributed by atoms with van der Waals surface area (Å²) in [5.74, 6) is 0.00454. The van der Waals surface area contributed by atoms with E-state index >= 15 is 0 Å². The Morgan fingerprint density at radius 3 is 2.69 bits per heavy atom. The Hall–Kier alpha value is -1.41. The number of carbonyl (C=O) groups excluding carboxylic acids is 1. The van der Waals surface area contributed by atoms with Crippen molar-refractivity contribution in [3.8, 4) is 0 Å². The highest BCUT2D eigenvalue weighted by Crippen LogP contribution is 2.14. The molecule has 0 radical (unpaired) electrons. The predicted octanol–water partition coefficient (Wildman–Crippen LogP) is 3.23. The van der Waals surface area contributed by atoms with Gasteiger partial charge in [0.05, 0.1) is 4.88 Å². The van der Waals surface area contributed by atoms with Crippen molar-refractivity contribution in [2.75, 3.05) is 0 Å². The highest BCUT2D eigenvalue weighted by atomic mass is 32.1. The topological polar surface area (TPSA) is 17.1 Å². The van der Waals surface area contributed by atoms with Crippen molar-refractivity contribution in [2.45, 2.75) is 0 Å². The van der Waals surface area contributed by atoms with Gasteiger partial charge in [0.25, 0.3) is 0 Å². The maximum atomic E-state index is 11.7. The largest absolute Gasteiger partial charge is 0.288 e. The van der Waals surface area contributed by atoms with Gasteiger partial charge in [-0.05, 0) is 11.4 Å². The molecule has 0 aliphatic heterocycles. The van der Waals surface area contributed by atoms with Crippen LogP contribution in [0.3, 0.4) is 0 Å². The number of allylic oxidation sites excluding steroid dienone is 4. The van der Waals surface area contributed by atoms with Crippen LogP contribution < -0.4 is 0 Å². The first-order chi connectivity index (χ1) is 6.29. The lowest BCUT2D eigenvalue weighted by Crippen LogP contribution is -1.97. The smallest absolute Gasteiger partial charge is 0.202 e. The SMILES string of the molecule is C=C/C=C(\C=C)C(=O)c1cccs1. The number of Topliss-reactive ketones (excluding diaryl/α,β-unsaturated/α-hetero) is 1. The van der Waals surface area contributed by atoms with Gasteiger partial charge in [0.1, 0.15) is 0 Å². The molecular weight excluding hydrogens is 180 g/mol. The van der Waals surface area contributed by atoms with E-state index in [0.717, 1.165) is 4.88 Å². The zero-order chi connectivity index (χ0) is 9.68. The molecule has 0 bridgehead atoms. The quantitative estimate of drug-likeness (QED) is 0.404. The monoisotopic (exact) mass is 190 g/mol. The van der Waals surface area contributed by atoms with E-state index < -0.39 is 0 Å². The second-order valence-corrected chi connectivity index (χ2v) is 3.32. The van der Waals surface area contributed by atoms with E-state index in [0.29, 0.717) is 5.57 Å². The number of carbonyl (C=O) groups is 1. The molecule has 0 aliphatic rings. The van der Waals surface area contributed by atoms with Gasteiger partial charge in [-0.1, -0.05) is 37.5 Å². The van der Waals surface area contributed by atoms with Crippen molar-refractivity contribution in [1.29, 1.82) is 0 Å². The first-order valence-corrected chi connectivity index (χ1v) is 4.71. The van der Waals surface area contributed by atoms with Crippen LogP contribution in [0.5, 0.6) is 0 Å². The molecule has 1 nitrogen and oxygen atoms in total. The molecule has 0 saturated carbocycles. The lowest BCUT2D eigenvalue weighted by Gasteiger charge is -1.95. The van der Waals surface area contributed by atoms with Crippen molar-refractivity contribution in [2.24, 2.45) is 0 Å². The summed E-state index contributed by atoms with van der Waals surface area (Å²) in [6, 6.07) is 3.65. The van der Waals surface area contributed by atoms with Crippen LogP contribution in [-0.2, 0) is 0 Å². The predicted molar refractivity (Wildman–Crippen MR) is 57.1 cm³/mol. The van der Waals surface area contributed by atoms with Gasteiger partial charge in [0.2, 0.25) is 5.78 Å². The average molecular weight is 190 g/mol. The summed E-state index contributed by atoms with van der Waals surface area (Å²) in [6.45, 7) is 7.12.